The predicted octanol–water partition coefficient (Wildman–Crippen LogP) is 6.95. The summed E-state index contributed by atoms with van der Waals surface area (Å²) in [7, 11) is -1.33. The lowest BCUT2D eigenvalue weighted by atomic mass is 9.87. The van der Waals surface area contributed by atoms with Crippen LogP contribution in [0.2, 0.25) is 0 Å². The average Bonchev–Trinajstić information content (AvgIpc) is 2.94. The topological polar surface area (TPSA) is 99.3 Å². The van der Waals surface area contributed by atoms with Gasteiger partial charge in [-0.2, -0.15) is 5.26 Å². The number of aryl methyl sites for hydroxylation is 1. The molecule has 1 aromatic carbocycles. The Morgan fingerprint density at radius 3 is 2.43 bits per heavy atom. The SMILES string of the molecule is CCN1c2cc3oc(=O)c(CC(=O)N4CCC(OP(OCCC#N)N(C(C)C)C(C)C)CC4)c(C)c3cc2C(C)=CC1(C)C. The minimum absolute atomic E-state index is 0.00804. The molecular formula is C34H49N4O5P. The van der Waals surface area contributed by atoms with Gasteiger partial charge in [-0.15, -0.1) is 0 Å². The van der Waals surface area contributed by atoms with Crippen molar-refractivity contribution in [2.45, 2.75) is 112 Å². The van der Waals surface area contributed by atoms with Crippen molar-refractivity contribution in [2.24, 2.45) is 0 Å². The van der Waals surface area contributed by atoms with E-state index in [9.17, 15) is 9.59 Å². The van der Waals surface area contributed by atoms with Crippen LogP contribution in [0.25, 0.3) is 16.5 Å². The predicted molar refractivity (Wildman–Crippen MR) is 178 cm³/mol. The lowest BCUT2D eigenvalue weighted by Gasteiger charge is -2.42. The van der Waals surface area contributed by atoms with Gasteiger partial charge in [-0.3, -0.25) is 4.79 Å². The summed E-state index contributed by atoms with van der Waals surface area (Å²) < 4.78 is 20.6. The summed E-state index contributed by atoms with van der Waals surface area (Å²) in [6.45, 7) is 21.3. The number of likely N-dealkylation sites (tertiary alicyclic amines) is 1. The fourth-order valence-corrected chi connectivity index (χ4v) is 8.41. The Bertz CT molecular complexity index is 1480. The van der Waals surface area contributed by atoms with E-state index in [-0.39, 0.29) is 36.1 Å². The summed E-state index contributed by atoms with van der Waals surface area (Å²) >= 11 is 0. The summed E-state index contributed by atoms with van der Waals surface area (Å²) in [5.41, 5.74) is 4.55. The fraction of sp³-hybridized carbons (Fsp3) is 0.618. The molecule has 1 unspecified atom stereocenters. The van der Waals surface area contributed by atoms with Crippen LogP contribution in [0.1, 0.15) is 91.3 Å². The number of amides is 1. The highest BCUT2D eigenvalue weighted by molar-refractivity contribution is 7.44. The molecule has 2 aliphatic heterocycles. The average molecular weight is 625 g/mol. The van der Waals surface area contributed by atoms with Crippen LogP contribution in [0, 0.1) is 18.3 Å². The molecule has 0 aliphatic carbocycles. The van der Waals surface area contributed by atoms with Gasteiger partial charge in [-0.25, -0.2) is 9.46 Å². The molecule has 1 fully saturated rings. The van der Waals surface area contributed by atoms with Gasteiger partial charge in [-0.1, -0.05) is 6.08 Å². The van der Waals surface area contributed by atoms with Gasteiger partial charge in [0, 0.05) is 54.4 Å². The molecule has 1 amide bonds. The number of carbonyl (C=O) groups is 1. The van der Waals surface area contributed by atoms with E-state index in [0.717, 1.165) is 28.7 Å². The smallest absolute Gasteiger partial charge is 0.340 e. The number of benzene rings is 1. The fourth-order valence-electron chi connectivity index (χ4n) is 6.64. The number of nitriles is 1. The van der Waals surface area contributed by atoms with Crippen molar-refractivity contribution < 1.29 is 18.3 Å². The first-order chi connectivity index (χ1) is 20.8. The highest BCUT2D eigenvalue weighted by Gasteiger charge is 2.34. The molecule has 2 aromatic rings. The lowest BCUT2D eigenvalue weighted by molar-refractivity contribution is -0.132. The minimum atomic E-state index is -1.33. The maximum atomic E-state index is 13.5. The molecule has 1 saturated heterocycles. The third kappa shape index (κ3) is 7.21. The number of likely N-dealkylation sites (N-methyl/N-ethyl adjacent to an activating group) is 1. The molecule has 4 rings (SSSR count). The van der Waals surface area contributed by atoms with Gasteiger partial charge >= 0.3 is 5.63 Å². The van der Waals surface area contributed by atoms with E-state index >= 15 is 0 Å². The first kappa shape index (κ1) is 34.1. The van der Waals surface area contributed by atoms with E-state index in [2.05, 4.69) is 83.2 Å². The highest BCUT2D eigenvalue weighted by atomic mass is 31.2. The Hall–Kier alpha value is -2.76. The molecule has 0 bridgehead atoms. The third-order valence-corrected chi connectivity index (χ3v) is 10.9. The summed E-state index contributed by atoms with van der Waals surface area (Å²) in [6, 6.07) is 6.68. The van der Waals surface area contributed by atoms with Crippen molar-refractivity contribution in [3.05, 3.63) is 45.3 Å². The van der Waals surface area contributed by atoms with Crippen molar-refractivity contribution in [1.82, 2.24) is 9.57 Å². The molecule has 44 heavy (non-hydrogen) atoms. The zero-order valence-corrected chi connectivity index (χ0v) is 28.8. The molecule has 3 heterocycles. The number of rotatable bonds is 11. The number of piperidine rings is 1. The van der Waals surface area contributed by atoms with Gasteiger partial charge in [0.15, 0.2) is 0 Å². The standard InChI is InChI=1S/C34H49N4O5P/c1-10-37-30-20-31-28(18-27(30)24(6)21-34(37,8)9)25(7)29(33(40)42-31)19-32(39)36-15-12-26(13-16-36)43-44(41-17-11-14-35)38(22(2)3)23(4)5/h18,20-23,26H,10-13,15-17,19H2,1-9H3. The van der Waals surface area contributed by atoms with Crippen LogP contribution < -0.4 is 10.5 Å². The zero-order chi connectivity index (χ0) is 32.3. The maximum Gasteiger partial charge on any atom is 0.340 e. The first-order valence-electron chi connectivity index (χ1n) is 15.9. The van der Waals surface area contributed by atoms with Crippen molar-refractivity contribution in [2.75, 3.05) is 31.1 Å². The van der Waals surface area contributed by atoms with Crippen LogP contribution in [-0.2, 0) is 20.3 Å². The van der Waals surface area contributed by atoms with Gasteiger partial charge in [-0.05, 0) is 92.4 Å². The van der Waals surface area contributed by atoms with Crippen LogP contribution in [0.15, 0.2) is 27.4 Å². The molecule has 240 valence electrons. The monoisotopic (exact) mass is 624 g/mol. The lowest BCUT2D eigenvalue weighted by Crippen LogP contribution is -2.44. The number of hydrogen-bond donors (Lipinski definition) is 0. The van der Waals surface area contributed by atoms with E-state index in [1.54, 1.807) is 0 Å². The number of hydrogen-bond acceptors (Lipinski definition) is 8. The highest BCUT2D eigenvalue weighted by Crippen LogP contribution is 2.48. The van der Waals surface area contributed by atoms with Crippen LogP contribution in [0.4, 0.5) is 5.69 Å². The van der Waals surface area contributed by atoms with Crippen LogP contribution in [0.3, 0.4) is 0 Å². The number of allylic oxidation sites excluding steroid dienone is 1. The second-order valence-electron chi connectivity index (χ2n) is 13.0. The van der Waals surface area contributed by atoms with E-state index in [1.165, 1.54) is 5.57 Å². The van der Waals surface area contributed by atoms with Crippen molar-refractivity contribution in [3.8, 4) is 6.07 Å². The van der Waals surface area contributed by atoms with Gasteiger partial charge in [0.05, 0.1) is 42.7 Å². The van der Waals surface area contributed by atoms with Crippen molar-refractivity contribution >= 4 is 36.7 Å². The van der Waals surface area contributed by atoms with E-state index in [0.29, 0.717) is 50.1 Å². The van der Waals surface area contributed by atoms with Crippen molar-refractivity contribution in [1.29, 1.82) is 5.26 Å². The third-order valence-electron chi connectivity index (χ3n) is 8.73. The minimum Gasteiger partial charge on any atom is -0.422 e. The molecule has 0 N–H and O–H groups in total. The number of anilines is 1. The van der Waals surface area contributed by atoms with Gasteiger partial charge in [0.25, 0.3) is 8.53 Å². The molecule has 10 heteroatoms. The molecule has 1 atom stereocenters. The Kier molecular flexibility index (Phi) is 11.0. The van der Waals surface area contributed by atoms with Crippen molar-refractivity contribution in [3.63, 3.8) is 0 Å². The Morgan fingerprint density at radius 2 is 1.84 bits per heavy atom. The summed E-state index contributed by atoms with van der Waals surface area (Å²) in [5, 5.41) is 9.85. The second-order valence-corrected chi connectivity index (χ2v) is 14.4. The molecule has 2 aliphatic rings. The summed E-state index contributed by atoms with van der Waals surface area (Å²) in [5.74, 6) is -0.0790. The normalized spacial score (nSPS) is 17.8. The van der Waals surface area contributed by atoms with Crippen LogP contribution in [-0.4, -0.2) is 65.4 Å². The Labute approximate surface area is 263 Å². The zero-order valence-electron chi connectivity index (χ0n) is 27.9. The van der Waals surface area contributed by atoms with E-state index < -0.39 is 14.2 Å². The molecule has 0 spiro atoms. The number of nitrogens with zero attached hydrogens (tertiary/aromatic N) is 4. The van der Waals surface area contributed by atoms with E-state index in [4.69, 9.17) is 18.7 Å². The summed E-state index contributed by atoms with van der Waals surface area (Å²) in [4.78, 5) is 30.8. The first-order valence-corrected chi connectivity index (χ1v) is 17.0. The number of fused-ring (bicyclic) bond motifs is 2. The summed E-state index contributed by atoms with van der Waals surface area (Å²) in [6.07, 6.45) is 3.92. The van der Waals surface area contributed by atoms with Crippen LogP contribution in [0.5, 0.6) is 0 Å². The molecular weight excluding hydrogens is 575 g/mol. The molecule has 9 nitrogen and oxygen atoms in total. The quantitative estimate of drug-likeness (QED) is 0.151. The number of carbonyl (C=O) groups excluding carboxylic acids is 1. The molecule has 0 saturated carbocycles. The Balaban J connectivity index is 1.48. The molecule has 1 aromatic heterocycles. The largest absolute Gasteiger partial charge is 0.422 e. The van der Waals surface area contributed by atoms with Crippen LogP contribution >= 0.6 is 8.53 Å². The second kappa shape index (κ2) is 14.1. The van der Waals surface area contributed by atoms with E-state index in [1.807, 2.05) is 17.9 Å². The maximum absolute atomic E-state index is 13.5. The Morgan fingerprint density at radius 1 is 1.18 bits per heavy atom. The van der Waals surface area contributed by atoms with Gasteiger partial charge < -0.3 is 23.3 Å². The molecule has 0 radical (unpaired) electrons. The van der Waals surface area contributed by atoms with Gasteiger partial charge in [0.1, 0.15) is 5.58 Å². The van der Waals surface area contributed by atoms with Gasteiger partial charge in [0.2, 0.25) is 5.91 Å².